The largest absolute Gasteiger partial charge is 0.493 e. The van der Waals surface area contributed by atoms with Crippen molar-refractivity contribution in [2.75, 3.05) is 24.4 Å². The number of H-pyrrole nitrogens is 1. The van der Waals surface area contributed by atoms with Gasteiger partial charge in [0, 0.05) is 30.7 Å². The molecule has 1 aromatic heterocycles. The predicted molar refractivity (Wildman–Crippen MR) is 151 cm³/mol. The number of aromatic nitrogens is 1. The molecule has 0 spiro atoms. The molecule has 1 aliphatic rings. The minimum absolute atomic E-state index is 0.193. The third-order valence-electron chi connectivity index (χ3n) is 6.47. The highest BCUT2D eigenvalue weighted by Crippen LogP contribution is 2.35. The van der Waals surface area contributed by atoms with E-state index in [1.54, 1.807) is 4.90 Å². The molecular weight excluding hydrogens is 568 g/mol. The van der Waals surface area contributed by atoms with Crippen LogP contribution in [0, 0.1) is 11.7 Å². The topological polar surface area (TPSA) is 101 Å². The van der Waals surface area contributed by atoms with Crippen LogP contribution in [0.5, 0.6) is 5.75 Å². The lowest BCUT2D eigenvalue weighted by Gasteiger charge is -2.33. The molecular formula is C27H32Cl2FN3O5S. The van der Waals surface area contributed by atoms with Crippen molar-refractivity contribution in [2.45, 2.75) is 57.0 Å². The standard InChI is InChI=1S/C27H32Cl2FN3O5S/c1-27(2,3)38-26(34)33-12-10-17(11-13-33)5-4-14-37-18-6-9-23(21(30)15-18)39(35,36)32-22-8-7-19(28)24-20(29)16-31-25(22)24/h6-9,15-17,31-32H,4-5,10-14H2,1-3H3. The van der Waals surface area contributed by atoms with E-state index in [9.17, 15) is 17.6 Å². The number of aromatic amines is 1. The van der Waals surface area contributed by atoms with Gasteiger partial charge in [-0.05, 0) is 76.6 Å². The van der Waals surface area contributed by atoms with Gasteiger partial charge in [0.1, 0.15) is 22.1 Å². The highest BCUT2D eigenvalue weighted by atomic mass is 35.5. The van der Waals surface area contributed by atoms with Gasteiger partial charge in [0.2, 0.25) is 0 Å². The van der Waals surface area contributed by atoms with Crippen LogP contribution in [0.15, 0.2) is 41.4 Å². The molecule has 12 heteroatoms. The number of halogens is 3. The third-order valence-corrected chi connectivity index (χ3v) is 8.48. The van der Waals surface area contributed by atoms with Crippen LogP contribution in [0.2, 0.25) is 10.0 Å². The number of nitrogens with zero attached hydrogens (tertiary/aromatic N) is 1. The van der Waals surface area contributed by atoms with Crippen molar-refractivity contribution < 1.29 is 27.1 Å². The molecule has 0 saturated carbocycles. The fourth-order valence-electron chi connectivity index (χ4n) is 4.54. The number of amides is 1. The molecule has 4 rings (SSSR count). The molecule has 0 unspecified atom stereocenters. The van der Waals surface area contributed by atoms with Crippen LogP contribution in [-0.2, 0) is 14.8 Å². The van der Waals surface area contributed by atoms with Crippen LogP contribution in [0.25, 0.3) is 10.9 Å². The van der Waals surface area contributed by atoms with Crippen LogP contribution in [-0.4, -0.2) is 49.7 Å². The number of fused-ring (bicyclic) bond motifs is 1. The molecule has 39 heavy (non-hydrogen) atoms. The number of likely N-dealkylation sites (tertiary alicyclic amines) is 1. The van der Waals surface area contributed by atoms with Gasteiger partial charge in [0.15, 0.2) is 0 Å². The summed E-state index contributed by atoms with van der Waals surface area (Å²) in [6.07, 6.45) is 4.67. The number of anilines is 1. The maximum absolute atomic E-state index is 14.8. The monoisotopic (exact) mass is 599 g/mol. The molecule has 1 saturated heterocycles. The van der Waals surface area contributed by atoms with Gasteiger partial charge in [0.05, 0.1) is 27.9 Å². The minimum Gasteiger partial charge on any atom is -0.493 e. The molecule has 0 bridgehead atoms. The van der Waals surface area contributed by atoms with E-state index in [4.69, 9.17) is 32.7 Å². The summed E-state index contributed by atoms with van der Waals surface area (Å²) in [5, 5.41) is 1.17. The molecule has 0 atom stereocenters. The van der Waals surface area contributed by atoms with Crippen molar-refractivity contribution >= 4 is 55.9 Å². The number of ether oxygens (including phenoxy) is 2. The Bertz CT molecular complexity index is 1450. The molecule has 0 radical (unpaired) electrons. The fraction of sp³-hybridized carbons (Fsp3) is 0.444. The van der Waals surface area contributed by atoms with Crippen molar-refractivity contribution in [3.63, 3.8) is 0 Å². The van der Waals surface area contributed by atoms with Crippen LogP contribution in [0.4, 0.5) is 14.9 Å². The van der Waals surface area contributed by atoms with Gasteiger partial charge >= 0.3 is 6.09 Å². The Hall–Kier alpha value is -2.69. The summed E-state index contributed by atoms with van der Waals surface area (Å²) < 4.78 is 54.2. The molecule has 2 heterocycles. The summed E-state index contributed by atoms with van der Waals surface area (Å²) in [5.74, 6) is -0.211. The zero-order valence-corrected chi connectivity index (χ0v) is 24.4. The number of rotatable bonds is 8. The van der Waals surface area contributed by atoms with Gasteiger partial charge < -0.3 is 19.4 Å². The van der Waals surface area contributed by atoms with Gasteiger partial charge in [-0.1, -0.05) is 23.2 Å². The third kappa shape index (κ3) is 7.29. The lowest BCUT2D eigenvalue weighted by molar-refractivity contribution is 0.0179. The first-order valence-corrected chi connectivity index (χ1v) is 15.0. The van der Waals surface area contributed by atoms with Crippen LogP contribution < -0.4 is 9.46 Å². The Kier molecular flexibility index (Phi) is 8.88. The number of hydrogen-bond acceptors (Lipinski definition) is 5. The molecule has 3 aromatic rings. The number of piperidine rings is 1. The fourth-order valence-corrected chi connectivity index (χ4v) is 6.23. The van der Waals surface area contributed by atoms with Crippen molar-refractivity contribution in [1.82, 2.24) is 9.88 Å². The zero-order chi connectivity index (χ0) is 28.4. The molecule has 2 aromatic carbocycles. The van der Waals surface area contributed by atoms with Crippen molar-refractivity contribution in [2.24, 2.45) is 5.92 Å². The maximum Gasteiger partial charge on any atom is 0.410 e. The van der Waals surface area contributed by atoms with E-state index >= 15 is 0 Å². The van der Waals surface area contributed by atoms with E-state index in [1.165, 1.54) is 30.5 Å². The van der Waals surface area contributed by atoms with Gasteiger partial charge in [-0.25, -0.2) is 17.6 Å². The lowest BCUT2D eigenvalue weighted by Crippen LogP contribution is -2.41. The van der Waals surface area contributed by atoms with E-state index < -0.39 is 26.3 Å². The Balaban J connectivity index is 1.28. The zero-order valence-electron chi connectivity index (χ0n) is 22.0. The number of hydrogen-bond donors (Lipinski definition) is 2. The summed E-state index contributed by atoms with van der Waals surface area (Å²) in [5.41, 5.74) is 0.0783. The molecule has 0 aliphatic carbocycles. The van der Waals surface area contributed by atoms with E-state index in [-0.39, 0.29) is 17.5 Å². The van der Waals surface area contributed by atoms with E-state index in [1.807, 2.05) is 20.8 Å². The number of carbonyl (C=O) groups excluding carboxylic acids is 1. The van der Waals surface area contributed by atoms with Crippen molar-refractivity contribution in [3.8, 4) is 5.75 Å². The van der Waals surface area contributed by atoms with Crippen molar-refractivity contribution in [1.29, 1.82) is 0 Å². The number of nitrogens with one attached hydrogen (secondary N) is 2. The minimum atomic E-state index is -4.24. The Morgan fingerprint density at radius 2 is 1.87 bits per heavy atom. The first kappa shape index (κ1) is 29.3. The Morgan fingerprint density at radius 1 is 1.15 bits per heavy atom. The van der Waals surface area contributed by atoms with E-state index in [0.29, 0.717) is 46.6 Å². The SMILES string of the molecule is CC(C)(C)OC(=O)N1CCC(CCCOc2ccc(S(=O)(=O)Nc3ccc(Cl)c4c(Cl)c[nH]c34)c(F)c2)CC1. The van der Waals surface area contributed by atoms with Gasteiger partial charge in [-0.15, -0.1) is 0 Å². The second-order valence-corrected chi connectivity index (χ2v) is 13.0. The first-order chi connectivity index (χ1) is 18.3. The lowest BCUT2D eigenvalue weighted by atomic mass is 9.92. The Morgan fingerprint density at radius 3 is 2.54 bits per heavy atom. The second kappa shape index (κ2) is 11.8. The molecule has 2 N–H and O–H groups in total. The van der Waals surface area contributed by atoms with Crippen LogP contribution >= 0.6 is 23.2 Å². The quantitative estimate of drug-likeness (QED) is 0.266. The van der Waals surface area contributed by atoms with Crippen LogP contribution in [0.1, 0.15) is 46.5 Å². The molecule has 1 amide bonds. The van der Waals surface area contributed by atoms with Crippen LogP contribution in [0.3, 0.4) is 0 Å². The molecule has 1 aliphatic heterocycles. The average molecular weight is 601 g/mol. The molecule has 8 nitrogen and oxygen atoms in total. The maximum atomic E-state index is 14.8. The predicted octanol–water partition coefficient (Wildman–Crippen LogP) is 7.22. The van der Waals surface area contributed by atoms with Gasteiger partial charge in [-0.3, -0.25) is 4.72 Å². The number of benzene rings is 2. The smallest absolute Gasteiger partial charge is 0.410 e. The summed E-state index contributed by atoms with van der Waals surface area (Å²) in [6, 6.07) is 6.66. The van der Waals surface area contributed by atoms with Gasteiger partial charge in [0.25, 0.3) is 10.0 Å². The summed E-state index contributed by atoms with van der Waals surface area (Å²) >= 11 is 12.3. The summed E-state index contributed by atoms with van der Waals surface area (Å²) in [4.78, 5) is 16.3. The summed E-state index contributed by atoms with van der Waals surface area (Å²) in [7, 11) is -4.24. The second-order valence-electron chi connectivity index (χ2n) is 10.6. The number of carbonyl (C=O) groups is 1. The Labute approximate surface area is 237 Å². The average Bonchev–Trinajstić information content (AvgIpc) is 3.25. The molecule has 212 valence electrons. The van der Waals surface area contributed by atoms with Gasteiger partial charge in [-0.2, -0.15) is 0 Å². The highest BCUT2D eigenvalue weighted by molar-refractivity contribution is 7.92. The van der Waals surface area contributed by atoms with Crippen molar-refractivity contribution in [3.05, 3.63) is 52.4 Å². The number of sulfonamides is 1. The first-order valence-electron chi connectivity index (χ1n) is 12.7. The van der Waals surface area contributed by atoms with E-state index in [0.717, 1.165) is 31.7 Å². The summed E-state index contributed by atoms with van der Waals surface area (Å²) in [6.45, 7) is 7.25. The normalized spacial score (nSPS) is 15.0. The molecule has 1 fully saturated rings. The highest BCUT2D eigenvalue weighted by Gasteiger charge is 2.27. The van der Waals surface area contributed by atoms with E-state index in [2.05, 4.69) is 9.71 Å².